The van der Waals surface area contributed by atoms with Gasteiger partial charge in [-0.25, -0.2) is 0 Å². The second-order valence-corrected chi connectivity index (χ2v) is 3.99. The normalized spacial score (nSPS) is 18.2. The zero-order valence-corrected chi connectivity index (χ0v) is 9.39. The molecule has 0 aromatic carbocycles. The van der Waals surface area contributed by atoms with Crippen molar-refractivity contribution >= 4 is 5.78 Å². The van der Waals surface area contributed by atoms with Crippen LogP contribution < -0.4 is 0 Å². The first-order chi connectivity index (χ1) is 6.54. The molecule has 0 saturated heterocycles. The molecular formula is C12H18O2. The average Bonchev–Trinajstić information content (AvgIpc) is 2.53. The third-order valence-corrected chi connectivity index (χ3v) is 2.55. The largest absolute Gasteiger partial charge is 0.373 e. The summed E-state index contributed by atoms with van der Waals surface area (Å²) in [6.45, 7) is 9.07. The number of carbonyl (C=O) groups excluding carboxylic acids is 1. The number of allylic oxidation sites excluding steroid dienone is 1. The Kier molecular flexibility index (Phi) is 3.64. The van der Waals surface area contributed by atoms with Gasteiger partial charge in [0.15, 0.2) is 5.78 Å². The van der Waals surface area contributed by atoms with Crippen molar-refractivity contribution in [3.05, 3.63) is 22.8 Å². The van der Waals surface area contributed by atoms with Crippen molar-refractivity contribution in [2.75, 3.05) is 13.2 Å². The van der Waals surface area contributed by atoms with Gasteiger partial charge in [0.2, 0.25) is 0 Å². The van der Waals surface area contributed by atoms with Crippen molar-refractivity contribution in [2.24, 2.45) is 5.92 Å². The highest BCUT2D eigenvalue weighted by molar-refractivity contribution is 5.95. The number of ether oxygens (including phenoxy) is 1. The quantitative estimate of drug-likeness (QED) is 0.645. The predicted molar refractivity (Wildman–Crippen MR) is 57.1 cm³/mol. The smallest absolute Gasteiger partial charge is 0.156 e. The number of ketones is 1. The molecule has 0 bridgehead atoms. The van der Waals surface area contributed by atoms with Gasteiger partial charge >= 0.3 is 0 Å². The molecule has 1 rings (SSSR count). The first kappa shape index (κ1) is 11.2. The molecule has 2 heteroatoms. The zero-order chi connectivity index (χ0) is 10.7. The van der Waals surface area contributed by atoms with Crippen LogP contribution >= 0.6 is 0 Å². The summed E-state index contributed by atoms with van der Waals surface area (Å²) in [7, 11) is 0. The lowest BCUT2D eigenvalue weighted by atomic mass is 9.91. The van der Waals surface area contributed by atoms with Gasteiger partial charge in [0.25, 0.3) is 0 Å². The van der Waals surface area contributed by atoms with E-state index in [9.17, 15) is 4.79 Å². The van der Waals surface area contributed by atoms with Gasteiger partial charge in [0, 0.05) is 5.57 Å². The molecule has 78 valence electrons. The van der Waals surface area contributed by atoms with Gasteiger partial charge in [-0.05, 0) is 30.9 Å². The molecule has 2 nitrogen and oxygen atoms in total. The molecule has 0 aromatic rings. The predicted octanol–water partition coefficient (Wildman–Crippen LogP) is 2.50. The summed E-state index contributed by atoms with van der Waals surface area (Å²) in [5, 5.41) is 0. The van der Waals surface area contributed by atoms with Crippen LogP contribution in [0.3, 0.4) is 0 Å². The number of Topliss-reactive ketones (excluding diaryl/α,β-unsaturated/α-hetero) is 1. The fraction of sp³-hybridized carbons (Fsp3) is 0.583. The van der Waals surface area contributed by atoms with Crippen molar-refractivity contribution in [2.45, 2.75) is 27.7 Å². The molecule has 0 aliphatic carbocycles. The third kappa shape index (κ3) is 2.32. The fourth-order valence-electron chi connectivity index (χ4n) is 1.93. The van der Waals surface area contributed by atoms with Crippen LogP contribution in [0.1, 0.15) is 27.7 Å². The molecule has 0 atom stereocenters. The summed E-state index contributed by atoms with van der Waals surface area (Å²) in [6, 6.07) is 0. The second-order valence-electron chi connectivity index (χ2n) is 3.99. The van der Waals surface area contributed by atoms with Crippen molar-refractivity contribution in [3.8, 4) is 0 Å². The highest BCUT2D eigenvalue weighted by Crippen LogP contribution is 2.23. The van der Waals surface area contributed by atoms with E-state index in [1.807, 2.05) is 6.92 Å². The standard InChI is InChI=1S/C12H18O2/c1-8(2)12(10(4)13)9(3)11-5-6-14-7-11/h5,8H,6-7H2,1-4H3. The Morgan fingerprint density at radius 3 is 2.43 bits per heavy atom. The van der Waals surface area contributed by atoms with Gasteiger partial charge in [-0.3, -0.25) is 4.79 Å². The van der Waals surface area contributed by atoms with E-state index in [2.05, 4.69) is 19.9 Å². The van der Waals surface area contributed by atoms with Gasteiger partial charge in [-0.2, -0.15) is 0 Å². The highest BCUT2D eigenvalue weighted by Gasteiger charge is 2.16. The average molecular weight is 194 g/mol. The summed E-state index contributed by atoms with van der Waals surface area (Å²) >= 11 is 0. The molecule has 14 heavy (non-hydrogen) atoms. The van der Waals surface area contributed by atoms with Crippen LogP contribution in [0.25, 0.3) is 0 Å². The Hall–Kier alpha value is -0.890. The topological polar surface area (TPSA) is 26.3 Å². The first-order valence-corrected chi connectivity index (χ1v) is 5.03. The minimum atomic E-state index is 0.172. The summed E-state index contributed by atoms with van der Waals surface area (Å²) in [5.74, 6) is 0.458. The lowest BCUT2D eigenvalue weighted by molar-refractivity contribution is -0.114. The minimum Gasteiger partial charge on any atom is -0.373 e. The molecule has 0 N–H and O–H groups in total. The second kappa shape index (κ2) is 4.56. The Morgan fingerprint density at radius 1 is 1.43 bits per heavy atom. The molecule has 1 aliphatic heterocycles. The molecule has 0 fully saturated rings. The minimum absolute atomic E-state index is 0.172. The maximum atomic E-state index is 11.5. The molecule has 0 unspecified atom stereocenters. The lowest BCUT2D eigenvalue weighted by Crippen LogP contribution is -2.08. The third-order valence-electron chi connectivity index (χ3n) is 2.55. The van der Waals surface area contributed by atoms with Crippen molar-refractivity contribution < 1.29 is 9.53 Å². The van der Waals surface area contributed by atoms with Crippen molar-refractivity contribution in [1.29, 1.82) is 0 Å². The number of hydrogen-bond acceptors (Lipinski definition) is 2. The molecule has 0 saturated carbocycles. The summed E-state index contributed by atoms with van der Waals surface area (Å²) < 4.78 is 5.25. The summed E-state index contributed by atoms with van der Waals surface area (Å²) in [5.41, 5.74) is 3.20. The molecule has 0 aromatic heterocycles. The van der Waals surface area contributed by atoms with Crippen LogP contribution in [-0.2, 0) is 9.53 Å². The number of hydrogen-bond donors (Lipinski definition) is 0. The monoisotopic (exact) mass is 194 g/mol. The van der Waals surface area contributed by atoms with Crippen LogP contribution in [0.15, 0.2) is 22.8 Å². The summed E-state index contributed by atoms with van der Waals surface area (Å²) in [4.78, 5) is 11.5. The van der Waals surface area contributed by atoms with E-state index in [4.69, 9.17) is 4.74 Å². The Labute approximate surface area is 85.6 Å². The van der Waals surface area contributed by atoms with E-state index in [0.29, 0.717) is 13.2 Å². The van der Waals surface area contributed by atoms with E-state index in [1.165, 1.54) is 5.57 Å². The number of carbonyl (C=O) groups is 1. The Balaban J connectivity index is 3.03. The molecule has 1 heterocycles. The van der Waals surface area contributed by atoms with Crippen LogP contribution in [0, 0.1) is 5.92 Å². The van der Waals surface area contributed by atoms with Gasteiger partial charge < -0.3 is 4.74 Å². The zero-order valence-electron chi connectivity index (χ0n) is 9.39. The maximum Gasteiger partial charge on any atom is 0.156 e. The SMILES string of the molecule is CC(=O)C(=C(C)C1=CCOC1)C(C)C. The first-order valence-electron chi connectivity index (χ1n) is 5.03. The van der Waals surface area contributed by atoms with E-state index in [-0.39, 0.29) is 11.7 Å². The Morgan fingerprint density at radius 2 is 2.07 bits per heavy atom. The fourth-order valence-corrected chi connectivity index (χ4v) is 1.93. The summed E-state index contributed by atoms with van der Waals surface area (Å²) in [6.07, 6.45) is 2.06. The van der Waals surface area contributed by atoms with E-state index in [0.717, 1.165) is 11.1 Å². The molecular weight excluding hydrogens is 176 g/mol. The lowest BCUT2D eigenvalue weighted by Gasteiger charge is -2.13. The molecule has 0 radical (unpaired) electrons. The van der Waals surface area contributed by atoms with Gasteiger partial charge in [0.1, 0.15) is 0 Å². The van der Waals surface area contributed by atoms with Crippen LogP contribution in [0.5, 0.6) is 0 Å². The Bertz CT molecular complexity index is 295. The van der Waals surface area contributed by atoms with Crippen molar-refractivity contribution in [3.63, 3.8) is 0 Å². The van der Waals surface area contributed by atoms with Crippen LogP contribution in [0.4, 0.5) is 0 Å². The van der Waals surface area contributed by atoms with E-state index < -0.39 is 0 Å². The van der Waals surface area contributed by atoms with E-state index in [1.54, 1.807) is 6.92 Å². The van der Waals surface area contributed by atoms with Gasteiger partial charge in [0.05, 0.1) is 13.2 Å². The molecule has 0 amide bonds. The van der Waals surface area contributed by atoms with Crippen LogP contribution in [-0.4, -0.2) is 19.0 Å². The van der Waals surface area contributed by atoms with Crippen molar-refractivity contribution in [1.82, 2.24) is 0 Å². The number of rotatable bonds is 3. The maximum absolute atomic E-state index is 11.5. The molecule has 0 spiro atoms. The van der Waals surface area contributed by atoms with Gasteiger partial charge in [-0.1, -0.05) is 19.9 Å². The highest BCUT2D eigenvalue weighted by atomic mass is 16.5. The van der Waals surface area contributed by atoms with Gasteiger partial charge in [-0.15, -0.1) is 0 Å². The van der Waals surface area contributed by atoms with E-state index >= 15 is 0 Å². The molecule has 1 aliphatic rings. The van der Waals surface area contributed by atoms with Crippen LogP contribution in [0.2, 0.25) is 0 Å².